The molecule has 1 aliphatic rings. The van der Waals surface area contributed by atoms with E-state index in [4.69, 9.17) is 5.73 Å². The molecule has 0 bridgehead atoms. The van der Waals surface area contributed by atoms with Gasteiger partial charge in [-0.05, 0) is 43.9 Å². The van der Waals surface area contributed by atoms with Gasteiger partial charge in [0.05, 0.1) is 5.92 Å². The van der Waals surface area contributed by atoms with Gasteiger partial charge in [-0.1, -0.05) is 20.8 Å². The summed E-state index contributed by atoms with van der Waals surface area (Å²) in [5.74, 6) is 1.57. The Morgan fingerprint density at radius 1 is 1.41 bits per heavy atom. The highest BCUT2D eigenvalue weighted by molar-refractivity contribution is 5.79. The summed E-state index contributed by atoms with van der Waals surface area (Å²) < 4.78 is 0. The number of hydrogen-bond donors (Lipinski definition) is 2. The number of nitrogens with one attached hydrogen (secondary N) is 1. The van der Waals surface area contributed by atoms with Crippen molar-refractivity contribution in [2.24, 2.45) is 23.5 Å². The van der Waals surface area contributed by atoms with E-state index in [-0.39, 0.29) is 17.9 Å². The summed E-state index contributed by atoms with van der Waals surface area (Å²) in [6.45, 7) is 7.43. The third kappa shape index (κ3) is 5.07. The zero-order chi connectivity index (χ0) is 12.8. The summed E-state index contributed by atoms with van der Waals surface area (Å²) in [4.78, 5) is 12.0. The molecule has 0 aliphatic heterocycles. The Bertz CT molecular complexity index is 240. The third-order valence-corrected chi connectivity index (χ3v) is 3.76. The Kier molecular flexibility index (Phi) is 5.96. The molecular weight excluding hydrogens is 212 g/mol. The highest BCUT2D eigenvalue weighted by Crippen LogP contribution is 2.27. The highest BCUT2D eigenvalue weighted by Gasteiger charge is 2.31. The molecule has 0 aromatic rings. The maximum atomic E-state index is 12.0. The van der Waals surface area contributed by atoms with E-state index in [1.807, 2.05) is 0 Å². The quantitative estimate of drug-likeness (QED) is 0.725. The van der Waals surface area contributed by atoms with Gasteiger partial charge in [-0.25, -0.2) is 0 Å². The first-order chi connectivity index (χ1) is 8.00. The van der Waals surface area contributed by atoms with Gasteiger partial charge < -0.3 is 11.1 Å². The monoisotopic (exact) mass is 240 g/mol. The van der Waals surface area contributed by atoms with Crippen LogP contribution in [0.3, 0.4) is 0 Å². The average molecular weight is 240 g/mol. The van der Waals surface area contributed by atoms with E-state index in [0.717, 1.165) is 32.2 Å². The molecular formula is C14H28N2O. The third-order valence-electron chi connectivity index (χ3n) is 3.76. The fourth-order valence-electron chi connectivity index (χ4n) is 2.56. The van der Waals surface area contributed by atoms with Gasteiger partial charge >= 0.3 is 0 Å². The van der Waals surface area contributed by atoms with Crippen LogP contribution in [0.2, 0.25) is 0 Å². The summed E-state index contributed by atoms with van der Waals surface area (Å²) >= 11 is 0. The van der Waals surface area contributed by atoms with Crippen molar-refractivity contribution in [3.63, 3.8) is 0 Å². The molecule has 0 heterocycles. The van der Waals surface area contributed by atoms with Crippen molar-refractivity contribution in [3.8, 4) is 0 Å². The zero-order valence-corrected chi connectivity index (χ0v) is 11.5. The normalized spacial score (nSPS) is 29.4. The van der Waals surface area contributed by atoms with Gasteiger partial charge in [-0.3, -0.25) is 4.79 Å². The lowest BCUT2D eigenvalue weighted by Gasteiger charge is -2.31. The summed E-state index contributed by atoms with van der Waals surface area (Å²) in [5.41, 5.74) is 6.03. The van der Waals surface area contributed by atoms with E-state index in [1.165, 1.54) is 6.42 Å². The zero-order valence-electron chi connectivity index (χ0n) is 11.5. The predicted molar refractivity (Wildman–Crippen MR) is 71.6 cm³/mol. The molecule has 3 nitrogen and oxygen atoms in total. The van der Waals surface area contributed by atoms with Gasteiger partial charge in [0.25, 0.3) is 0 Å². The first-order valence-corrected chi connectivity index (χ1v) is 7.04. The van der Waals surface area contributed by atoms with Gasteiger partial charge in [-0.2, -0.15) is 0 Å². The SMILES string of the molecule is CC(C)CCCNC(=O)C1CC(C)CCC1N. The Morgan fingerprint density at radius 3 is 2.76 bits per heavy atom. The molecule has 17 heavy (non-hydrogen) atoms. The lowest BCUT2D eigenvalue weighted by atomic mass is 9.79. The maximum Gasteiger partial charge on any atom is 0.224 e. The van der Waals surface area contributed by atoms with Crippen LogP contribution in [0, 0.1) is 17.8 Å². The Labute approximate surface area is 106 Å². The van der Waals surface area contributed by atoms with Crippen molar-refractivity contribution >= 4 is 5.91 Å². The molecule has 1 rings (SSSR count). The molecule has 0 aromatic heterocycles. The second kappa shape index (κ2) is 7.00. The molecule has 1 aliphatic carbocycles. The topological polar surface area (TPSA) is 55.1 Å². The first kappa shape index (κ1) is 14.5. The first-order valence-electron chi connectivity index (χ1n) is 7.04. The summed E-state index contributed by atoms with van der Waals surface area (Å²) in [5, 5.41) is 3.04. The predicted octanol–water partition coefficient (Wildman–Crippen LogP) is 2.30. The smallest absolute Gasteiger partial charge is 0.224 e. The molecule has 3 N–H and O–H groups in total. The number of amides is 1. The maximum absolute atomic E-state index is 12.0. The minimum atomic E-state index is 0.0396. The molecule has 0 aromatic carbocycles. The van der Waals surface area contributed by atoms with Crippen molar-refractivity contribution in [1.29, 1.82) is 0 Å². The minimum Gasteiger partial charge on any atom is -0.356 e. The number of rotatable bonds is 5. The van der Waals surface area contributed by atoms with E-state index in [9.17, 15) is 4.79 Å². The summed E-state index contributed by atoms with van der Waals surface area (Å²) in [7, 11) is 0. The molecule has 100 valence electrons. The van der Waals surface area contributed by atoms with Gasteiger partial charge in [0.15, 0.2) is 0 Å². The Balaban J connectivity index is 2.26. The second-order valence-electron chi connectivity index (χ2n) is 6.02. The van der Waals surface area contributed by atoms with E-state index in [2.05, 4.69) is 26.1 Å². The van der Waals surface area contributed by atoms with Crippen LogP contribution in [0.1, 0.15) is 52.9 Å². The molecule has 0 spiro atoms. The van der Waals surface area contributed by atoms with E-state index in [0.29, 0.717) is 11.8 Å². The highest BCUT2D eigenvalue weighted by atomic mass is 16.1. The lowest BCUT2D eigenvalue weighted by molar-refractivity contribution is -0.126. The van der Waals surface area contributed by atoms with Crippen LogP contribution < -0.4 is 11.1 Å². The molecule has 1 amide bonds. The van der Waals surface area contributed by atoms with Crippen molar-refractivity contribution in [1.82, 2.24) is 5.32 Å². The fourth-order valence-corrected chi connectivity index (χ4v) is 2.56. The number of nitrogens with two attached hydrogens (primary N) is 1. The van der Waals surface area contributed by atoms with Crippen LogP contribution in [-0.2, 0) is 4.79 Å². The van der Waals surface area contributed by atoms with Gasteiger partial charge in [0, 0.05) is 12.6 Å². The summed E-state index contributed by atoms with van der Waals surface area (Å²) in [6.07, 6.45) is 5.36. The van der Waals surface area contributed by atoms with E-state index in [1.54, 1.807) is 0 Å². The fraction of sp³-hybridized carbons (Fsp3) is 0.929. The van der Waals surface area contributed by atoms with Crippen LogP contribution in [0.25, 0.3) is 0 Å². The summed E-state index contributed by atoms with van der Waals surface area (Å²) in [6, 6.07) is 0.0660. The number of carbonyl (C=O) groups is 1. The number of hydrogen-bond acceptors (Lipinski definition) is 2. The van der Waals surface area contributed by atoms with Gasteiger partial charge in [-0.15, -0.1) is 0 Å². The molecule has 3 unspecified atom stereocenters. The van der Waals surface area contributed by atoms with Gasteiger partial charge in [0.2, 0.25) is 5.91 Å². The van der Waals surface area contributed by atoms with Crippen LogP contribution in [-0.4, -0.2) is 18.5 Å². The van der Waals surface area contributed by atoms with Gasteiger partial charge in [0.1, 0.15) is 0 Å². The van der Waals surface area contributed by atoms with Crippen molar-refractivity contribution in [3.05, 3.63) is 0 Å². The molecule has 3 atom stereocenters. The van der Waals surface area contributed by atoms with Crippen LogP contribution >= 0.6 is 0 Å². The minimum absolute atomic E-state index is 0.0396. The van der Waals surface area contributed by atoms with Crippen LogP contribution in [0.15, 0.2) is 0 Å². The van der Waals surface area contributed by atoms with Crippen LogP contribution in [0.5, 0.6) is 0 Å². The van der Waals surface area contributed by atoms with E-state index < -0.39 is 0 Å². The standard InChI is InChI=1S/C14H28N2O/c1-10(2)5-4-8-16-14(17)12-9-11(3)6-7-13(12)15/h10-13H,4-9,15H2,1-3H3,(H,16,17). The second-order valence-corrected chi connectivity index (χ2v) is 6.02. The molecule has 0 radical (unpaired) electrons. The average Bonchev–Trinajstić information content (AvgIpc) is 2.27. The largest absolute Gasteiger partial charge is 0.356 e. The molecule has 1 saturated carbocycles. The van der Waals surface area contributed by atoms with Crippen molar-refractivity contribution in [2.75, 3.05) is 6.54 Å². The van der Waals surface area contributed by atoms with Crippen LogP contribution in [0.4, 0.5) is 0 Å². The Hall–Kier alpha value is -0.570. The van der Waals surface area contributed by atoms with Crippen molar-refractivity contribution in [2.45, 2.75) is 58.9 Å². The van der Waals surface area contributed by atoms with Crippen molar-refractivity contribution < 1.29 is 4.79 Å². The lowest BCUT2D eigenvalue weighted by Crippen LogP contribution is -2.45. The molecule has 0 saturated heterocycles. The Morgan fingerprint density at radius 2 is 2.12 bits per heavy atom. The molecule has 1 fully saturated rings. The molecule has 3 heteroatoms. The van der Waals surface area contributed by atoms with E-state index >= 15 is 0 Å². The number of carbonyl (C=O) groups excluding carboxylic acids is 1.